The maximum Gasteiger partial charge on any atom is 0.329 e. The SMILES string of the molecule is O=c1[nH]c(/C=C2\C=Nc3c2ccc(Cl)c3F)c(O)n1C(CO)c1ccc(Cl)c(F)c1F. The highest BCUT2D eigenvalue weighted by Gasteiger charge is 2.27. The summed E-state index contributed by atoms with van der Waals surface area (Å²) in [6.07, 6.45) is 2.64. The molecule has 0 aliphatic carbocycles. The molecule has 1 aliphatic rings. The maximum absolute atomic E-state index is 14.4. The number of nitrogens with zero attached hydrogens (tertiary/aromatic N) is 2. The van der Waals surface area contributed by atoms with Crippen molar-refractivity contribution in [3.05, 3.63) is 79.1 Å². The summed E-state index contributed by atoms with van der Waals surface area (Å²) in [5.74, 6) is -4.07. The normalized spacial score (nSPS) is 15.0. The predicted octanol–water partition coefficient (Wildman–Crippen LogP) is 4.44. The number of aromatic hydroxyl groups is 1. The fourth-order valence-corrected chi connectivity index (χ4v) is 3.64. The van der Waals surface area contributed by atoms with Gasteiger partial charge in [-0.15, -0.1) is 0 Å². The van der Waals surface area contributed by atoms with Gasteiger partial charge in [0, 0.05) is 22.9 Å². The Hall–Kier alpha value is -3.01. The Morgan fingerprint density at radius 3 is 2.48 bits per heavy atom. The molecular weight excluding hydrogens is 458 g/mol. The Morgan fingerprint density at radius 2 is 1.77 bits per heavy atom. The molecule has 11 heteroatoms. The number of halogens is 5. The Labute approximate surface area is 182 Å². The van der Waals surface area contributed by atoms with Gasteiger partial charge in [-0.2, -0.15) is 0 Å². The second-order valence-electron chi connectivity index (χ2n) is 6.62. The maximum atomic E-state index is 14.4. The van der Waals surface area contributed by atoms with Gasteiger partial charge in [-0.1, -0.05) is 35.3 Å². The van der Waals surface area contributed by atoms with Gasteiger partial charge in [-0.25, -0.2) is 18.0 Å². The second-order valence-corrected chi connectivity index (χ2v) is 7.43. The number of hydrogen-bond acceptors (Lipinski definition) is 4. The topological polar surface area (TPSA) is 90.6 Å². The number of aliphatic hydroxyl groups is 1. The molecule has 0 fully saturated rings. The van der Waals surface area contributed by atoms with Crippen molar-refractivity contribution in [2.24, 2.45) is 4.99 Å². The number of aliphatic imine (C=N–C) groups is 1. The van der Waals surface area contributed by atoms with Crippen LogP contribution in [0.1, 0.15) is 22.9 Å². The van der Waals surface area contributed by atoms with Gasteiger partial charge < -0.3 is 15.2 Å². The molecule has 3 N–H and O–H groups in total. The molecule has 0 amide bonds. The average molecular weight is 470 g/mol. The fraction of sp³-hybridized carbons (Fsp3) is 0.100. The highest BCUT2D eigenvalue weighted by molar-refractivity contribution is 6.32. The number of benzene rings is 2. The van der Waals surface area contributed by atoms with Crippen molar-refractivity contribution in [3.63, 3.8) is 0 Å². The minimum Gasteiger partial charge on any atom is -0.493 e. The van der Waals surface area contributed by atoms with Crippen molar-refractivity contribution in [3.8, 4) is 5.88 Å². The van der Waals surface area contributed by atoms with E-state index in [9.17, 15) is 28.2 Å². The summed E-state index contributed by atoms with van der Waals surface area (Å²) in [6.45, 7) is -0.826. The molecule has 1 unspecified atom stereocenters. The summed E-state index contributed by atoms with van der Waals surface area (Å²) in [5, 5.41) is 19.8. The molecule has 0 saturated heterocycles. The molecule has 1 atom stereocenters. The predicted molar refractivity (Wildman–Crippen MR) is 111 cm³/mol. The lowest BCUT2D eigenvalue weighted by Crippen LogP contribution is -2.26. The summed E-state index contributed by atoms with van der Waals surface area (Å²) in [4.78, 5) is 18.8. The van der Waals surface area contributed by atoms with Gasteiger partial charge in [0.2, 0.25) is 5.88 Å². The third kappa shape index (κ3) is 3.44. The van der Waals surface area contributed by atoms with Gasteiger partial charge in [0.25, 0.3) is 0 Å². The number of aliphatic hydroxyl groups excluding tert-OH is 1. The van der Waals surface area contributed by atoms with Crippen LogP contribution in [0.2, 0.25) is 10.0 Å². The minimum absolute atomic E-state index is 0.00645. The molecule has 31 heavy (non-hydrogen) atoms. The van der Waals surface area contributed by atoms with E-state index in [1.165, 1.54) is 24.4 Å². The lowest BCUT2D eigenvalue weighted by Gasteiger charge is -2.17. The molecule has 0 radical (unpaired) electrons. The van der Waals surface area contributed by atoms with Crippen LogP contribution in [0.25, 0.3) is 11.6 Å². The first-order chi connectivity index (χ1) is 14.7. The summed E-state index contributed by atoms with van der Waals surface area (Å²) >= 11 is 11.3. The summed E-state index contributed by atoms with van der Waals surface area (Å²) in [7, 11) is 0. The van der Waals surface area contributed by atoms with Crippen molar-refractivity contribution in [1.82, 2.24) is 9.55 Å². The van der Waals surface area contributed by atoms with Crippen LogP contribution >= 0.6 is 23.2 Å². The third-order valence-electron chi connectivity index (χ3n) is 4.85. The average Bonchev–Trinajstić information content (AvgIpc) is 3.27. The number of imidazole rings is 1. The van der Waals surface area contributed by atoms with Crippen LogP contribution in [0, 0.1) is 17.5 Å². The van der Waals surface area contributed by atoms with Crippen LogP contribution in [0.15, 0.2) is 34.1 Å². The molecule has 160 valence electrons. The number of H-pyrrole nitrogens is 1. The van der Waals surface area contributed by atoms with Crippen LogP contribution in [-0.2, 0) is 0 Å². The number of aromatic amines is 1. The lowest BCUT2D eigenvalue weighted by molar-refractivity contribution is 0.233. The number of rotatable bonds is 4. The van der Waals surface area contributed by atoms with Crippen molar-refractivity contribution >= 4 is 46.8 Å². The van der Waals surface area contributed by atoms with E-state index < -0.39 is 46.7 Å². The zero-order valence-corrected chi connectivity index (χ0v) is 16.8. The van der Waals surface area contributed by atoms with Crippen LogP contribution < -0.4 is 5.69 Å². The Kier molecular flexibility index (Phi) is 5.42. The summed E-state index contributed by atoms with van der Waals surface area (Å²) in [5.41, 5.74) is -0.645. The number of aromatic nitrogens is 2. The largest absolute Gasteiger partial charge is 0.493 e. The molecule has 1 aliphatic heterocycles. The van der Waals surface area contributed by atoms with E-state index in [1.807, 2.05) is 0 Å². The molecule has 1 aromatic heterocycles. The standard InChI is InChI=1S/C20H12Cl2F3N3O3/c21-11-4-2-10(15(23)16(11)24)14(7-29)28-19(30)13(27-20(28)31)5-8-6-26-18-9(8)1-3-12(22)17(18)25/h1-6,14,29-30H,7H2,(H,27,31)/b8-5+. The van der Waals surface area contributed by atoms with Crippen LogP contribution in [-0.4, -0.2) is 32.6 Å². The first-order valence-electron chi connectivity index (χ1n) is 8.76. The molecule has 3 aromatic rings. The monoisotopic (exact) mass is 469 g/mol. The van der Waals surface area contributed by atoms with Crippen LogP contribution in [0.3, 0.4) is 0 Å². The van der Waals surface area contributed by atoms with Crippen molar-refractivity contribution < 1.29 is 23.4 Å². The zero-order valence-electron chi connectivity index (χ0n) is 15.3. The Balaban J connectivity index is 1.80. The smallest absolute Gasteiger partial charge is 0.329 e. The molecule has 4 rings (SSSR count). The zero-order chi connectivity index (χ0) is 22.4. The lowest BCUT2D eigenvalue weighted by atomic mass is 10.1. The van der Waals surface area contributed by atoms with Crippen molar-refractivity contribution in [2.75, 3.05) is 6.61 Å². The summed E-state index contributed by atoms with van der Waals surface area (Å²) < 4.78 is 43.0. The molecule has 0 saturated carbocycles. The quantitative estimate of drug-likeness (QED) is 0.493. The highest BCUT2D eigenvalue weighted by Crippen LogP contribution is 2.38. The Bertz CT molecular complexity index is 1330. The van der Waals surface area contributed by atoms with E-state index in [-0.39, 0.29) is 22.0 Å². The van der Waals surface area contributed by atoms with Crippen molar-refractivity contribution in [1.29, 1.82) is 0 Å². The van der Waals surface area contributed by atoms with E-state index in [0.717, 1.165) is 12.1 Å². The van der Waals surface area contributed by atoms with E-state index in [1.54, 1.807) is 0 Å². The first-order valence-corrected chi connectivity index (χ1v) is 9.52. The molecular formula is C20H12Cl2F3N3O3. The molecule has 2 heterocycles. The number of fused-ring (bicyclic) bond motifs is 1. The van der Waals surface area contributed by atoms with Crippen LogP contribution in [0.5, 0.6) is 5.88 Å². The van der Waals surface area contributed by atoms with Crippen LogP contribution in [0.4, 0.5) is 18.9 Å². The molecule has 2 aromatic carbocycles. The van der Waals surface area contributed by atoms with E-state index >= 15 is 0 Å². The number of nitrogens with one attached hydrogen (secondary N) is 1. The summed E-state index contributed by atoms with van der Waals surface area (Å²) in [6, 6.07) is 3.59. The van der Waals surface area contributed by atoms with Gasteiger partial charge >= 0.3 is 5.69 Å². The van der Waals surface area contributed by atoms with Gasteiger partial charge in [-0.05, 0) is 18.2 Å². The van der Waals surface area contributed by atoms with Gasteiger partial charge in [0.15, 0.2) is 17.5 Å². The fourth-order valence-electron chi connectivity index (χ4n) is 3.34. The van der Waals surface area contributed by atoms with Gasteiger partial charge in [-0.3, -0.25) is 9.56 Å². The minimum atomic E-state index is -1.44. The van der Waals surface area contributed by atoms with Crippen molar-refractivity contribution in [2.45, 2.75) is 6.04 Å². The van der Waals surface area contributed by atoms with E-state index in [2.05, 4.69) is 9.98 Å². The molecule has 0 spiro atoms. The van der Waals surface area contributed by atoms with Gasteiger partial charge in [0.1, 0.15) is 11.4 Å². The Morgan fingerprint density at radius 1 is 1.10 bits per heavy atom. The number of allylic oxidation sites excluding steroid dienone is 1. The highest BCUT2D eigenvalue weighted by atomic mass is 35.5. The van der Waals surface area contributed by atoms with Gasteiger partial charge in [0.05, 0.1) is 22.7 Å². The van der Waals surface area contributed by atoms with E-state index in [0.29, 0.717) is 15.7 Å². The first kappa shape index (κ1) is 21.2. The molecule has 0 bridgehead atoms. The molecule has 6 nitrogen and oxygen atoms in total. The van der Waals surface area contributed by atoms with E-state index in [4.69, 9.17) is 23.2 Å². The number of hydrogen-bond donors (Lipinski definition) is 3. The second kappa shape index (κ2) is 7.92. The third-order valence-corrected chi connectivity index (χ3v) is 5.43.